The zero-order chi connectivity index (χ0) is 20.1. The zero-order valence-electron chi connectivity index (χ0n) is 16.3. The van der Waals surface area contributed by atoms with E-state index in [4.69, 9.17) is 0 Å². The maximum absolute atomic E-state index is 12.5. The summed E-state index contributed by atoms with van der Waals surface area (Å²) in [4.78, 5) is 15.9. The number of nitrogens with one attached hydrogen (secondary N) is 2. The number of para-hydroxylation sites is 2. The Morgan fingerprint density at radius 1 is 0.862 bits per heavy atom. The molecule has 4 rings (SSSR count). The highest BCUT2D eigenvalue weighted by molar-refractivity contribution is 5.91. The number of amides is 1. The number of carbonyl (C=O) groups is 1. The summed E-state index contributed by atoms with van der Waals surface area (Å²) in [6.07, 6.45) is 0. The van der Waals surface area contributed by atoms with Gasteiger partial charge in [0.15, 0.2) is 6.54 Å². The molecule has 5 nitrogen and oxygen atoms in total. The van der Waals surface area contributed by atoms with Crippen molar-refractivity contribution in [3.63, 3.8) is 0 Å². The number of benzene rings is 3. The van der Waals surface area contributed by atoms with E-state index >= 15 is 0 Å². The zero-order valence-corrected chi connectivity index (χ0v) is 16.3. The molecule has 0 unspecified atom stereocenters. The van der Waals surface area contributed by atoms with E-state index in [0.29, 0.717) is 12.3 Å². The summed E-state index contributed by atoms with van der Waals surface area (Å²) >= 11 is 0. The third kappa shape index (κ3) is 4.76. The fourth-order valence-electron chi connectivity index (χ4n) is 3.78. The number of phenolic OH excluding ortho intramolecular Hbond substituents is 1. The maximum Gasteiger partial charge on any atom is 0.279 e. The molecule has 0 bridgehead atoms. The van der Waals surface area contributed by atoms with E-state index in [-0.39, 0.29) is 5.91 Å². The van der Waals surface area contributed by atoms with Crippen molar-refractivity contribution >= 4 is 17.3 Å². The molecule has 1 amide bonds. The number of rotatable bonds is 5. The van der Waals surface area contributed by atoms with Crippen LogP contribution in [0.4, 0.5) is 11.4 Å². The highest BCUT2D eigenvalue weighted by atomic mass is 16.3. The monoisotopic (exact) mass is 388 g/mol. The van der Waals surface area contributed by atoms with Crippen molar-refractivity contribution < 1.29 is 14.8 Å². The number of piperazine rings is 1. The molecule has 3 aromatic carbocycles. The summed E-state index contributed by atoms with van der Waals surface area (Å²) in [5, 5.41) is 13.0. The highest BCUT2D eigenvalue weighted by Crippen LogP contribution is 2.26. The van der Waals surface area contributed by atoms with E-state index in [2.05, 4.69) is 22.3 Å². The average molecular weight is 388 g/mol. The first kappa shape index (κ1) is 19.0. The minimum Gasteiger partial charge on any atom is -0.506 e. The largest absolute Gasteiger partial charge is 0.506 e. The van der Waals surface area contributed by atoms with Crippen LogP contribution in [0.25, 0.3) is 11.1 Å². The van der Waals surface area contributed by atoms with Crippen LogP contribution in [0.1, 0.15) is 0 Å². The lowest BCUT2D eigenvalue weighted by Crippen LogP contribution is -3.15. The van der Waals surface area contributed by atoms with Crippen molar-refractivity contribution in [2.24, 2.45) is 0 Å². The normalized spacial score (nSPS) is 14.6. The number of nitrogens with zero attached hydrogens (tertiary/aromatic N) is 1. The van der Waals surface area contributed by atoms with Crippen molar-refractivity contribution in [2.45, 2.75) is 0 Å². The van der Waals surface area contributed by atoms with Gasteiger partial charge in [0, 0.05) is 5.69 Å². The third-order valence-electron chi connectivity index (χ3n) is 5.38. The molecule has 3 aromatic rings. The van der Waals surface area contributed by atoms with Gasteiger partial charge >= 0.3 is 0 Å². The smallest absolute Gasteiger partial charge is 0.279 e. The van der Waals surface area contributed by atoms with Gasteiger partial charge in [-0.25, -0.2) is 0 Å². The number of hydrogen-bond acceptors (Lipinski definition) is 3. The molecule has 1 heterocycles. The molecule has 148 valence electrons. The molecular formula is C24H26N3O2+. The molecule has 1 fully saturated rings. The minimum absolute atomic E-state index is 0.0310. The van der Waals surface area contributed by atoms with E-state index < -0.39 is 0 Å². The van der Waals surface area contributed by atoms with Crippen LogP contribution >= 0.6 is 0 Å². The molecule has 0 aromatic heterocycles. The van der Waals surface area contributed by atoms with Crippen LogP contribution in [0.3, 0.4) is 0 Å². The number of carbonyl (C=O) groups excluding carboxylic acids is 1. The molecule has 1 aliphatic rings. The standard InChI is InChI=1S/C24H25N3O2/c28-23-9-5-4-8-22(23)27-16-14-26(15-17-27)18-24(29)25-21-12-10-20(11-13-21)19-6-2-1-3-7-19/h1-13,28H,14-18H2,(H,25,29)/p+1. The molecule has 0 aliphatic carbocycles. The summed E-state index contributed by atoms with van der Waals surface area (Å²) in [5.41, 5.74) is 3.99. The van der Waals surface area contributed by atoms with E-state index in [1.54, 1.807) is 6.07 Å². The molecule has 3 N–H and O–H groups in total. The van der Waals surface area contributed by atoms with Gasteiger partial charge in [-0.3, -0.25) is 4.79 Å². The molecule has 0 saturated carbocycles. The molecule has 0 spiro atoms. The lowest BCUT2D eigenvalue weighted by molar-refractivity contribution is -0.892. The molecule has 29 heavy (non-hydrogen) atoms. The molecule has 0 atom stereocenters. The fraction of sp³-hybridized carbons (Fsp3) is 0.208. The Labute approximate surface area is 171 Å². The van der Waals surface area contributed by atoms with Crippen molar-refractivity contribution in [1.82, 2.24) is 0 Å². The number of phenols is 1. The maximum atomic E-state index is 12.5. The van der Waals surface area contributed by atoms with Gasteiger partial charge in [0.25, 0.3) is 5.91 Å². The number of anilines is 2. The first-order chi connectivity index (χ1) is 14.2. The first-order valence-electron chi connectivity index (χ1n) is 10.0. The lowest BCUT2D eigenvalue weighted by atomic mass is 10.1. The van der Waals surface area contributed by atoms with Crippen LogP contribution in [-0.2, 0) is 4.79 Å². The quantitative estimate of drug-likeness (QED) is 0.629. The van der Waals surface area contributed by atoms with Crippen molar-refractivity contribution in [2.75, 3.05) is 42.9 Å². The molecule has 1 aliphatic heterocycles. The topological polar surface area (TPSA) is 57.0 Å². The Morgan fingerprint density at radius 3 is 2.17 bits per heavy atom. The van der Waals surface area contributed by atoms with Gasteiger partial charge < -0.3 is 20.2 Å². The predicted molar refractivity (Wildman–Crippen MR) is 116 cm³/mol. The second kappa shape index (κ2) is 8.80. The molecule has 5 heteroatoms. The van der Waals surface area contributed by atoms with Gasteiger partial charge in [-0.2, -0.15) is 0 Å². The minimum atomic E-state index is 0.0310. The lowest BCUT2D eigenvalue weighted by Gasteiger charge is -2.33. The summed E-state index contributed by atoms with van der Waals surface area (Å²) < 4.78 is 0. The number of hydrogen-bond donors (Lipinski definition) is 3. The summed E-state index contributed by atoms with van der Waals surface area (Å²) in [7, 11) is 0. The van der Waals surface area contributed by atoms with Crippen LogP contribution in [0, 0.1) is 0 Å². The van der Waals surface area contributed by atoms with Crippen LogP contribution in [0.15, 0.2) is 78.9 Å². The van der Waals surface area contributed by atoms with Gasteiger partial charge in [-0.1, -0.05) is 54.6 Å². The molecule has 1 saturated heterocycles. The van der Waals surface area contributed by atoms with Gasteiger partial charge in [-0.05, 0) is 35.4 Å². The van der Waals surface area contributed by atoms with Crippen molar-refractivity contribution in [1.29, 1.82) is 0 Å². The van der Waals surface area contributed by atoms with E-state index in [9.17, 15) is 9.90 Å². The molecule has 0 radical (unpaired) electrons. The second-order valence-electron chi connectivity index (χ2n) is 7.39. The average Bonchev–Trinajstić information content (AvgIpc) is 2.76. The van der Waals surface area contributed by atoms with Crippen molar-refractivity contribution in [3.8, 4) is 16.9 Å². The number of quaternary nitrogens is 1. The Hall–Kier alpha value is -3.31. The van der Waals surface area contributed by atoms with Gasteiger partial charge in [0.2, 0.25) is 0 Å². The van der Waals surface area contributed by atoms with Crippen LogP contribution in [0.5, 0.6) is 5.75 Å². The van der Waals surface area contributed by atoms with E-state index in [1.807, 2.05) is 60.7 Å². The summed E-state index contributed by atoms with van der Waals surface area (Å²) in [5.74, 6) is 0.344. The van der Waals surface area contributed by atoms with Gasteiger partial charge in [-0.15, -0.1) is 0 Å². The SMILES string of the molecule is O=C(C[NH+]1CCN(c2ccccc2O)CC1)Nc1ccc(-c2ccccc2)cc1. The molecular weight excluding hydrogens is 362 g/mol. The predicted octanol–water partition coefficient (Wildman–Crippen LogP) is 2.40. The van der Waals surface area contributed by atoms with E-state index in [0.717, 1.165) is 48.7 Å². The Bertz CT molecular complexity index is 949. The Balaban J connectivity index is 1.28. The highest BCUT2D eigenvalue weighted by Gasteiger charge is 2.23. The Morgan fingerprint density at radius 2 is 1.48 bits per heavy atom. The van der Waals surface area contributed by atoms with Gasteiger partial charge in [0.05, 0.1) is 31.9 Å². The van der Waals surface area contributed by atoms with Crippen LogP contribution in [0.2, 0.25) is 0 Å². The third-order valence-corrected chi connectivity index (χ3v) is 5.38. The summed E-state index contributed by atoms with van der Waals surface area (Å²) in [6.45, 7) is 3.84. The fourth-order valence-corrected chi connectivity index (χ4v) is 3.78. The first-order valence-corrected chi connectivity index (χ1v) is 10.0. The number of aromatic hydroxyl groups is 1. The van der Waals surface area contributed by atoms with Crippen molar-refractivity contribution in [3.05, 3.63) is 78.9 Å². The second-order valence-corrected chi connectivity index (χ2v) is 7.39. The van der Waals surface area contributed by atoms with Gasteiger partial charge in [0.1, 0.15) is 5.75 Å². The van der Waals surface area contributed by atoms with E-state index in [1.165, 1.54) is 4.90 Å². The van der Waals surface area contributed by atoms with Crippen LogP contribution in [-0.4, -0.2) is 43.7 Å². The Kier molecular flexibility index (Phi) is 5.77. The summed E-state index contributed by atoms with van der Waals surface area (Å²) in [6, 6.07) is 25.6. The van der Waals surface area contributed by atoms with Crippen LogP contribution < -0.4 is 15.1 Å².